The van der Waals surface area contributed by atoms with Crippen molar-refractivity contribution in [1.29, 1.82) is 0 Å². The van der Waals surface area contributed by atoms with Gasteiger partial charge in [-0.25, -0.2) is 0 Å². The summed E-state index contributed by atoms with van der Waals surface area (Å²) in [5.74, 6) is 8.70. The van der Waals surface area contributed by atoms with Gasteiger partial charge in [0.25, 0.3) is 0 Å². The van der Waals surface area contributed by atoms with Crippen LogP contribution in [-0.4, -0.2) is 0 Å². The Balaban J connectivity index is 3.89. The molecule has 0 rings (SSSR count). The van der Waals surface area contributed by atoms with E-state index in [1.165, 1.54) is 38.5 Å². The number of hydrogen-bond acceptors (Lipinski definition) is 0. The Labute approximate surface area is 103 Å². The molecule has 16 heavy (non-hydrogen) atoms. The first kappa shape index (κ1) is 15.6. The Bertz CT molecular complexity index is 202. The van der Waals surface area contributed by atoms with Crippen LogP contribution in [0.2, 0.25) is 0 Å². The van der Waals surface area contributed by atoms with E-state index in [2.05, 4.69) is 39.5 Å². The normalized spacial score (nSPS) is 14.4. The van der Waals surface area contributed by atoms with Crippen molar-refractivity contribution in [1.82, 2.24) is 0 Å². The molecule has 0 aliphatic heterocycles. The molecule has 0 radical (unpaired) electrons. The summed E-state index contributed by atoms with van der Waals surface area (Å²) in [5.41, 5.74) is 0. The van der Waals surface area contributed by atoms with Gasteiger partial charge in [0, 0.05) is 5.92 Å². The third-order valence-electron chi connectivity index (χ3n) is 3.95. The highest BCUT2D eigenvalue weighted by atomic mass is 14.2. The van der Waals surface area contributed by atoms with Gasteiger partial charge in [0.05, 0.1) is 0 Å². The van der Waals surface area contributed by atoms with E-state index in [9.17, 15) is 0 Å². The molecule has 0 heterocycles. The monoisotopic (exact) mass is 222 g/mol. The van der Waals surface area contributed by atoms with Crippen LogP contribution in [0.1, 0.15) is 73.1 Å². The molecule has 2 unspecified atom stereocenters. The highest BCUT2D eigenvalue weighted by Crippen LogP contribution is 2.24. The van der Waals surface area contributed by atoms with Gasteiger partial charge < -0.3 is 0 Å². The Morgan fingerprint density at radius 1 is 0.938 bits per heavy atom. The average Bonchev–Trinajstić information content (AvgIpc) is 2.30. The smallest absolute Gasteiger partial charge is 0.0202 e. The maximum Gasteiger partial charge on any atom is 0.0202 e. The summed E-state index contributed by atoms with van der Waals surface area (Å²) in [6, 6.07) is 0. The molecule has 2 atom stereocenters. The molecule has 0 heteroatoms. The summed E-state index contributed by atoms with van der Waals surface area (Å²) >= 11 is 0. The van der Waals surface area contributed by atoms with Crippen molar-refractivity contribution in [2.45, 2.75) is 73.1 Å². The molecule has 0 saturated heterocycles. The van der Waals surface area contributed by atoms with Crippen molar-refractivity contribution in [3.05, 3.63) is 0 Å². The maximum atomic E-state index is 3.31. The van der Waals surface area contributed by atoms with Crippen LogP contribution in [-0.2, 0) is 0 Å². The lowest BCUT2D eigenvalue weighted by molar-refractivity contribution is 0.346. The molecular weight excluding hydrogens is 192 g/mol. The molecular formula is C16H30. The zero-order chi connectivity index (χ0) is 12.4. The Morgan fingerprint density at radius 3 is 2.00 bits per heavy atom. The SMILES string of the molecule is CC#CC(C)C(CC)CCCC(CC)CC. The lowest BCUT2D eigenvalue weighted by Gasteiger charge is -2.19. The van der Waals surface area contributed by atoms with Gasteiger partial charge in [-0.05, 0) is 25.2 Å². The zero-order valence-corrected chi connectivity index (χ0v) is 12.0. The third kappa shape index (κ3) is 6.21. The van der Waals surface area contributed by atoms with Crippen molar-refractivity contribution in [2.75, 3.05) is 0 Å². The summed E-state index contributed by atoms with van der Waals surface area (Å²) in [6.45, 7) is 11.2. The Kier molecular flexibility index (Phi) is 9.49. The highest BCUT2D eigenvalue weighted by Gasteiger charge is 2.13. The standard InChI is InChI=1S/C16H30/c1-6-11-14(5)16(9-4)13-10-12-15(7-2)8-3/h14-16H,7-10,12-13H2,1-5H3. The maximum absolute atomic E-state index is 3.31. The third-order valence-corrected chi connectivity index (χ3v) is 3.95. The van der Waals surface area contributed by atoms with Gasteiger partial charge in [-0.3, -0.25) is 0 Å². The van der Waals surface area contributed by atoms with Gasteiger partial charge >= 0.3 is 0 Å². The molecule has 0 spiro atoms. The van der Waals surface area contributed by atoms with Gasteiger partial charge in [0.1, 0.15) is 0 Å². The molecule has 0 aromatic rings. The molecule has 0 fully saturated rings. The average molecular weight is 222 g/mol. The summed E-state index contributed by atoms with van der Waals surface area (Å²) in [7, 11) is 0. The second-order valence-corrected chi connectivity index (χ2v) is 4.96. The molecule has 0 bridgehead atoms. The largest absolute Gasteiger partial charge is 0.106 e. The summed E-state index contributed by atoms with van der Waals surface area (Å²) in [6.07, 6.45) is 8.13. The molecule has 0 aromatic heterocycles. The van der Waals surface area contributed by atoms with Gasteiger partial charge in [0.2, 0.25) is 0 Å². The van der Waals surface area contributed by atoms with E-state index < -0.39 is 0 Å². The fourth-order valence-corrected chi connectivity index (χ4v) is 2.52. The predicted octanol–water partition coefficient (Wildman–Crippen LogP) is 5.28. The van der Waals surface area contributed by atoms with E-state index in [1.807, 2.05) is 6.92 Å². The van der Waals surface area contributed by atoms with E-state index in [0.29, 0.717) is 5.92 Å². The predicted molar refractivity (Wildman–Crippen MR) is 74.3 cm³/mol. The van der Waals surface area contributed by atoms with Gasteiger partial charge in [-0.15, -0.1) is 11.8 Å². The molecule has 0 saturated carbocycles. The molecule has 0 aliphatic rings. The molecule has 0 aliphatic carbocycles. The van der Waals surface area contributed by atoms with Crippen molar-refractivity contribution < 1.29 is 0 Å². The van der Waals surface area contributed by atoms with Crippen LogP contribution >= 0.6 is 0 Å². The number of hydrogen-bond donors (Lipinski definition) is 0. The molecule has 0 N–H and O–H groups in total. The molecule has 0 amide bonds. The Morgan fingerprint density at radius 2 is 1.56 bits per heavy atom. The minimum atomic E-state index is 0.580. The van der Waals surface area contributed by atoms with Crippen LogP contribution in [0, 0.1) is 29.6 Å². The highest BCUT2D eigenvalue weighted by molar-refractivity contribution is 5.01. The second kappa shape index (κ2) is 9.76. The van der Waals surface area contributed by atoms with Crippen molar-refractivity contribution in [2.24, 2.45) is 17.8 Å². The van der Waals surface area contributed by atoms with E-state index in [1.54, 1.807) is 0 Å². The van der Waals surface area contributed by atoms with E-state index in [-0.39, 0.29) is 0 Å². The van der Waals surface area contributed by atoms with Crippen molar-refractivity contribution in [3.8, 4) is 11.8 Å². The van der Waals surface area contributed by atoms with Crippen LogP contribution < -0.4 is 0 Å². The minimum absolute atomic E-state index is 0.580. The van der Waals surface area contributed by atoms with E-state index >= 15 is 0 Å². The van der Waals surface area contributed by atoms with Crippen LogP contribution in [0.4, 0.5) is 0 Å². The summed E-state index contributed by atoms with van der Waals surface area (Å²) < 4.78 is 0. The lowest BCUT2D eigenvalue weighted by atomic mass is 9.85. The van der Waals surface area contributed by atoms with Crippen LogP contribution in [0.3, 0.4) is 0 Å². The first-order valence-corrected chi connectivity index (χ1v) is 7.11. The molecule has 94 valence electrons. The van der Waals surface area contributed by atoms with E-state index in [0.717, 1.165) is 11.8 Å². The van der Waals surface area contributed by atoms with Gasteiger partial charge in [-0.2, -0.15) is 0 Å². The molecule has 0 aromatic carbocycles. The second-order valence-electron chi connectivity index (χ2n) is 4.96. The van der Waals surface area contributed by atoms with Crippen molar-refractivity contribution >= 4 is 0 Å². The van der Waals surface area contributed by atoms with Crippen LogP contribution in [0.15, 0.2) is 0 Å². The van der Waals surface area contributed by atoms with Gasteiger partial charge in [-0.1, -0.05) is 59.8 Å². The number of rotatable bonds is 8. The van der Waals surface area contributed by atoms with Crippen LogP contribution in [0.5, 0.6) is 0 Å². The first-order valence-electron chi connectivity index (χ1n) is 7.11. The van der Waals surface area contributed by atoms with Crippen LogP contribution in [0.25, 0.3) is 0 Å². The van der Waals surface area contributed by atoms with Crippen molar-refractivity contribution in [3.63, 3.8) is 0 Å². The summed E-state index contributed by atoms with van der Waals surface area (Å²) in [5, 5.41) is 0. The topological polar surface area (TPSA) is 0 Å². The fraction of sp³-hybridized carbons (Fsp3) is 0.875. The van der Waals surface area contributed by atoms with Gasteiger partial charge in [0.15, 0.2) is 0 Å². The molecule has 0 nitrogen and oxygen atoms in total. The van der Waals surface area contributed by atoms with E-state index in [4.69, 9.17) is 0 Å². The Hall–Kier alpha value is -0.440. The quantitative estimate of drug-likeness (QED) is 0.490. The minimum Gasteiger partial charge on any atom is -0.106 e. The zero-order valence-electron chi connectivity index (χ0n) is 12.0. The summed E-state index contributed by atoms with van der Waals surface area (Å²) in [4.78, 5) is 0. The lowest BCUT2D eigenvalue weighted by Crippen LogP contribution is -2.10. The fourth-order valence-electron chi connectivity index (χ4n) is 2.52. The first-order chi connectivity index (χ1) is 7.69.